The van der Waals surface area contributed by atoms with Gasteiger partial charge in [-0.2, -0.15) is 0 Å². The van der Waals surface area contributed by atoms with Crippen LogP contribution in [-0.2, 0) is 10.2 Å². The fraction of sp³-hybridized carbons (Fsp3) is 0.611. The second-order valence-electron chi connectivity index (χ2n) is 7.42. The van der Waals surface area contributed by atoms with E-state index in [0.717, 1.165) is 23.3 Å². The van der Waals surface area contributed by atoms with Crippen LogP contribution in [0, 0.1) is 17.8 Å². The van der Waals surface area contributed by atoms with Gasteiger partial charge in [-0.1, -0.05) is 0 Å². The van der Waals surface area contributed by atoms with Crippen LogP contribution in [0.2, 0.25) is 0 Å². The predicted octanol–water partition coefficient (Wildman–Crippen LogP) is 3.65. The fourth-order valence-corrected chi connectivity index (χ4v) is 5.65. The number of hydrogen-bond donors (Lipinski definition) is 1. The number of phenols is 1. The summed E-state index contributed by atoms with van der Waals surface area (Å²) in [5.41, 5.74) is 1.65. The van der Waals surface area contributed by atoms with Crippen LogP contribution in [0.3, 0.4) is 0 Å². The molecule has 4 saturated carbocycles. The van der Waals surface area contributed by atoms with Crippen molar-refractivity contribution in [2.45, 2.75) is 43.9 Å². The van der Waals surface area contributed by atoms with Gasteiger partial charge in [-0.15, -0.1) is 0 Å². The van der Waals surface area contributed by atoms with Gasteiger partial charge in [0, 0.05) is 5.56 Å². The first-order valence-electron chi connectivity index (χ1n) is 8.01. The van der Waals surface area contributed by atoms with Crippen molar-refractivity contribution in [3.05, 3.63) is 29.3 Å². The number of ether oxygens (including phenoxy) is 1. The summed E-state index contributed by atoms with van der Waals surface area (Å²) in [6.45, 7) is 0. The van der Waals surface area contributed by atoms with E-state index < -0.39 is 0 Å². The van der Waals surface area contributed by atoms with Gasteiger partial charge in [0.1, 0.15) is 5.75 Å². The molecule has 1 aromatic carbocycles. The molecule has 3 heteroatoms. The van der Waals surface area contributed by atoms with Gasteiger partial charge < -0.3 is 9.84 Å². The molecule has 1 N–H and O–H groups in total. The second kappa shape index (κ2) is 4.49. The molecule has 0 heterocycles. The minimum Gasteiger partial charge on any atom is -0.508 e. The van der Waals surface area contributed by atoms with Crippen molar-refractivity contribution in [2.75, 3.05) is 7.11 Å². The summed E-state index contributed by atoms with van der Waals surface area (Å²) in [5, 5.41) is 10.4. The summed E-state index contributed by atoms with van der Waals surface area (Å²) < 4.78 is 4.83. The molecular formula is C18H22O3. The zero-order valence-corrected chi connectivity index (χ0v) is 12.5. The Labute approximate surface area is 125 Å². The van der Waals surface area contributed by atoms with Crippen LogP contribution >= 0.6 is 0 Å². The molecule has 4 bridgehead atoms. The highest BCUT2D eigenvalue weighted by Crippen LogP contribution is 2.61. The number of aromatic hydroxyl groups is 1. The molecule has 0 saturated heterocycles. The maximum Gasteiger partial charge on any atom is 0.337 e. The third-order valence-corrected chi connectivity index (χ3v) is 6.03. The molecular weight excluding hydrogens is 264 g/mol. The highest BCUT2D eigenvalue weighted by atomic mass is 16.5. The Morgan fingerprint density at radius 2 is 1.71 bits per heavy atom. The Morgan fingerprint density at radius 3 is 2.24 bits per heavy atom. The van der Waals surface area contributed by atoms with Crippen molar-refractivity contribution >= 4 is 5.97 Å². The largest absolute Gasteiger partial charge is 0.508 e. The number of hydrogen-bond acceptors (Lipinski definition) is 3. The molecule has 0 unspecified atom stereocenters. The first-order valence-corrected chi connectivity index (χ1v) is 8.01. The summed E-state index contributed by atoms with van der Waals surface area (Å²) in [4.78, 5) is 11.8. The van der Waals surface area contributed by atoms with Crippen molar-refractivity contribution in [3.63, 3.8) is 0 Å². The topological polar surface area (TPSA) is 46.5 Å². The number of carbonyl (C=O) groups is 1. The lowest BCUT2D eigenvalue weighted by atomic mass is 9.48. The second-order valence-corrected chi connectivity index (χ2v) is 7.42. The Kier molecular flexibility index (Phi) is 2.82. The van der Waals surface area contributed by atoms with Crippen molar-refractivity contribution in [3.8, 4) is 5.75 Å². The van der Waals surface area contributed by atoms with Crippen molar-refractivity contribution in [1.29, 1.82) is 0 Å². The van der Waals surface area contributed by atoms with E-state index in [1.807, 2.05) is 6.07 Å². The molecule has 21 heavy (non-hydrogen) atoms. The van der Waals surface area contributed by atoms with Crippen LogP contribution in [0.5, 0.6) is 5.75 Å². The maximum atomic E-state index is 11.8. The lowest BCUT2D eigenvalue weighted by molar-refractivity contribution is -0.00616. The van der Waals surface area contributed by atoms with Gasteiger partial charge in [0.15, 0.2) is 0 Å². The monoisotopic (exact) mass is 286 g/mol. The summed E-state index contributed by atoms with van der Waals surface area (Å²) in [6, 6.07) is 5.21. The fourth-order valence-electron chi connectivity index (χ4n) is 5.65. The molecule has 4 aliphatic rings. The molecule has 4 fully saturated rings. The normalized spacial score (nSPS) is 36.7. The quantitative estimate of drug-likeness (QED) is 0.844. The number of esters is 1. The third-order valence-electron chi connectivity index (χ3n) is 6.03. The van der Waals surface area contributed by atoms with Crippen LogP contribution in [0.15, 0.2) is 18.2 Å². The number of benzene rings is 1. The average Bonchev–Trinajstić information content (AvgIpc) is 2.45. The first-order chi connectivity index (χ1) is 10.1. The van der Waals surface area contributed by atoms with E-state index in [9.17, 15) is 9.90 Å². The average molecular weight is 286 g/mol. The number of carbonyl (C=O) groups excluding carboxylic acids is 1. The van der Waals surface area contributed by atoms with E-state index in [4.69, 9.17) is 4.74 Å². The zero-order valence-electron chi connectivity index (χ0n) is 12.5. The highest BCUT2D eigenvalue weighted by Gasteiger charge is 2.52. The minimum absolute atomic E-state index is 0.100. The molecule has 112 valence electrons. The van der Waals surface area contributed by atoms with Crippen LogP contribution < -0.4 is 0 Å². The van der Waals surface area contributed by atoms with Gasteiger partial charge in [0.25, 0.3) is 0 Å². The van der Waals surface area contributed by atoms with Gasteiger partial charge in [-0.3, -0.25) is 0 Å². The Bertz CT molecular complexity index is 555. The zero-order chi connectivity index (χ0) is 14.6. The number of rotatable bonds is 2. The summed E-state index contributed by atoms with van der Waals surface area (Å²) in [5.74, 6) is 2.48. The Balaban J connectivity index is 1.77. The Morgan fingerprint density at radius 1 is 1.14 bits per heavy atom. The third kappa shape index (κ3) is 1.97. The lowest BCUT2D eigenvalue weighted by Gasteiger charge is -2.57. The maximum absolute atomic E-state index is 11.8. The van der Waals surface area contributed by atoms with Crippen molar-refractivity contribution in [1.82, 2.24) is 0 Å². The summed E-state index contributed by atoms with van der Waals surface area (Å²) >= 11 is 0. The van der Waals surface area contributed by atoms with Crippen LogP contribution in [0.4, 0.5) is 0 Å². The standard InChI is InChI=1S/C18H22O3/c1-21-17(20)14-2-3-16(19)15(7-14)18-8-11-4-12(9-18)6-13(5-11)10-18/h2-3,7,11-13,19H,4-6,8-10H2,1H3. The van der Waals surface area contributed by atoms with E-state index >= 15 is 0 Å². The first kappa shape index (κ1) is 13.2. The molecule has 0 atom stereocenters. The lowest BCUT2D eigenvalue weighted by Crippen LogP contribution is -2.48. The Hall–Kier alpha value is -1.51. The van der Waals surface area contributed by atoms with Gasteiger partial charge in [0.2, 0.25) is 0 Å². The van der Waals surface area contributed by atoms with E-state index in [2.05, 4.69) is 0 Å². The molecule has 0 aromatic heterocycles. The van der Waals surface area contributed by atoms with Crippen LogP contribution in [-0.4, -0.2) is 18.2 Å². The molecule has 3 nitrogen and oxygen atoms in total. The SMILES string of the molecule is COC(=O)c1ccc(O)c(C23CC4CC(CC(C4)C2)C3)c1. The van der Waals surface area contributed by atoms with Gasteiger partial charge in [0.05, 0.1) is 12.7 Å². The minimum atomic E-state index is -0.319. The molecule has 0 spiro atoms. The van der Waals surface area contributed by atoms with Gasteiger partial charge in [-0.25, -0.2) is 4.79 Å². The van der Waals surface area contributed by atoms with Crippen molar-refractivity contribution in [2.24, 2.45) is 17.8 Å². The van der Waals surface area contributed by atoms with Crippen molar-refractivity contribution < 1.29 is 14.6 Å². The summed E-state index contributed by atoms with van der Waals surface area (Å²) in [6.07, 6.45) is 7.65. The van der Waals surface area contributed by atoms with Crippen LogP contribution in [0.1, 0.15) is 54.4 Å². The molecule has 1 aromatic rings. The van der Waals surface area contributed by atoms with Gasteiger partial charge >= 0.3 is 5.97 Å². The number of phenolic OH excluding ortho intramolecular Hbond substituents is 1. The molecule has 0 aliphatic heterocycles. The number of methoxy groups -OCH3 is 1. The van der Waals surface area contributed by atoms with Crippen LogP contribution in [0.25, 0.3) is 0 Å². The van der Waals surface area contributed by atoms with E-state index in [0.29, 0.717) is 11.3 Å². The smallest absolute Gasteiger partial charge is 0.337 e. The molecule has 4 aliphatic carbocycles. The molecule has 0 amide bonds. The van der Waals surface area contributed by atoms with E-state index in [1.54, 1.807) is 12.1 Å². The predicted molar refractivity (Wildman–Crippen MR) is 79.3 cm³/mol. The van der Waals surface area contributed by atoms with E-state index in [-0.39, 0.29) is 11.4 Å². The molecule has 0 radical (unpaired) electrons. The highest BCUT2D eigenvalue weighted by molar-refractivity contribution is 5.89. The van der Waals surface area contributed by atoms with E-state index in [1.165, 1.54) is 45.6 Å². The molecule has 5 rings (SSSR count). The summed E-state index contributed by atoms with van der Waals surface area (Å²) in [7, 11) is 1.40. The van der Waals surface area contributed by atoms with Gasteiger partial charge in [-0.05, 0) is 79.9 Å².